The van der Waals surface area contributed by atoms with E-state index in [-0.39, 0.29) is 23.6 Å². The van der Waals surface area contributed by atoms with Crippen molar-refractivity contribution in [3.63, 3.8) is 0 Å². The molecule has 2 aliphatic heterocycles. The van der Waals surface area contributed by atoms with Crippen LogP contribution in [0, 0.1) is 12.8 Å². The van der Waals surface area contributed by atoms with Crippen LogP contribution < -0.4 is 5.32 Å². The Labute approximate surface area is 207 Å². The van der Waals surface area contributed by atoms with E-state index >= 15 is 0 Å². The van der Waals surface area contributed by atoms with E-state index in [1.807, 2.05) is 47.5 Å². The van der Waals surface area contributed by atoms with Gasteiger partial charge >= 0.3 is 0 Å². The smallest absolute Gasteiger partial charge is 0.263 e. The molecule has 3 aromatic rings. The Balaban J connectivity index is 1.27. The van der Waals surface area contributed by atoms with E-state index in [0.29, 0.717) is 42.3 Å². The molecule has 1 N–H and O–H groups in total. The van der Waals surface area contributed by atoms with Crippen molar-refractivity contribution in [2.45, 2.75) is 32.7 Å². The summed E-state index contributed by atoms with van der Waals surface area (Å²) in [6.45, 7) is 4.31. The monoisotopic (exact) mass is 493 g/mol. The number of benzene rings is 1. The van der Waals surface area contributed by atoms with Crippen molar-refractivity contribution >= 4 is 46.1 Å². The van der Waals surface area contributed by atoms with Crippen molar-refractivity contribution in [2.24, 2.45) is 5.92 Å². The average Bonchev–Trinajstić information content (AvgIpc) is 3.56. The molecule has 4 heterocycles. The predicted octanol–water partition coefficient (Wildman–Crippen LogP) is 4.81. The lowest BCUT2D eigenvalue weighted by Crippen LogP contribution is -2.43. The molecule has 6 nitrogen and oxygen atoms in total. The Kier molecular flexibility index (Phi) is 6.52. The van der Waals surface area contributed by atoms with Crippen LogP contribution in [-0.4, -0.2) is 47.2 Å². The maximum absolute atomic E-state index is 13.3. The minimum atomic E-state index is -0.268. The van der Waals surface area contributed by atoms with Gasteiger partial charge in [0.15, 0.2) is 0 Å². The van der Waals surface area contributed by atoms with Gasteiger partial charge in [-0.1, -0.05) is 12.1 Å². The third kappa shape index (κ3) is 4.52. The first-order valence-electron chi connectivity index (χ1n) is 11.6. The lowest BCUT2D eigenvalue weighted by molar-refractivity contribution is -0.121. The molecule has 0 aliphatic carbocycles. The summed E-state index contributed by atoms with van der Waals surface area (Å²) in [5.41, 5.74) is 3.28. The Hall–Kier alpha value is -2.97. The molecule has 8 heteroatoms. The molecule has 1 saturated heterocycles. The zero-order valence-electron chi connectivity index (χ0n) is 19.1. The van der Waals surface area contributed by atoms with Gasteiger partial charge in [0.2, 0.25) is 5.91 Å². The third-order valence-corrected chi connectivity index (χ3v) is 8.61. The topological polar surface area (TPSA) is 69.7 Å². The van der Waals surface area contributed by atoms with Gasteiger partial charge in [0.05, 0.1) is 10.8 Å². The molecule has 176 valence electrons. The molecule has 34 heavy (non-hydrogen) atoms. The first-order chi connectivity index (χ1) is 16.5. The number of rotatable bonds is 4. The Morgan fingerprint density at radius 1 is 0.971 bits per heavy atom. The van der Waals surface area contributed by atoms with Gasteiger partial charge in [0, 0.05) is 42.3 Å². The zero-order valence-corrected chi connectivity index (χ0v) is 20.7. The lowest BCUT2D eigenvalue weighted by Gasteiger charge is -2.32. The quantitative estimate of drug-likeness (QED) is 0.567. The number of carbonyl (C=O) groups is 3. The van der Waals surface area contributed by atoms with Crippen molar-refractivity contribution in [3.8, 4) is 0 Å². The SMILES string of the molecule is Cc1c(NC(=O)C2CCCN(C(=O)c3cccs3)C2)cccc1C(=O)N1CCc2sccc2C1. The first-order valence-corrected chi connectivity index (χ1v) is 13.3. The molecule has 2 aliphatic rings. The summed E-state index contributed by atoms with van der Waals surface area (Å²) in [6, 6.07) is 11.3. The van der Waals surface area contributed by atoms with E-state index in [1.165, 1.54) is 21.8 Å². The summed E-state index contributed by atoms with van der Waals surface area (Å²) < 4.78 is 0. The third-order valence-electron chi connectivity index (χ3n) is 6.73. The van der Waals surface area contributed by atoms with Crippen LogP contribution in [0.25, 0.3) is 0 Å². The molecule has 1 fully saturated rings. The summed E-state index contributed by atoms with van der Waals surface area (Å²) >= 11 is 3.18. The number of nitrogens with one attached hydrogen (secondary N) is 1. The minimum Gasteiger partial charge on any atom is -0.337 e. The molecular formula is C26H27N3O3S2. The fourth-order valence-corrected chi connectivity index (χ4v) is 6.34. The van der Waals surface area contributed by atoms with Crippen LogP contribution in [0.1, 0.15) is 48.9 Å². The Bertz CT molecular complexity index is 1220. The molecule has 0 spiro atoms. The number of piperidine rings is 1. The van der Waals surface area contributed by atoms with E-state index in [4.69, 9.17) is 0 Å². The molecular weight excluding hydrogens is 466 g/mol. The van der Waals surface area contributed by atoms with Crippen molar-refractivity contribution < 1.29 is 14.4 Å². The van der Waals surface area contributed by atoms with E-state index in [0.717, 1.165) is 24.8 Å². The van der Waals surface area contributed by atoms with Crippen LogP contribution >= 0.6 is 22.7 Å². The van der Waals surface area contributed by atoms with Gasteiger partial charge in [-0.05, 0) is 72.3 Å². The summed E-state index contributed by atoms with van der Waals surface area (Å²) in [5.74, 6) is -0.379. The van der Waals surface area contributed by atoms with Gasteiger partial charge in [-0.25, -0.2) is 0 Å². The second kappa shape index (κ2) is 9.72. The van der Waals surface area contributed by atoms with E-state index < -0.39 is 0 Å². The van der Waals surface area contributed by atoms with Crippen LogP contribution in [0.4, 0.5) is 5.69 Å². The fourth-order valence-electron chi connectivity index (χ4n) is 4.76. The summed E-state index contributed by atoms with van der Waals surface area (Å²) in [4.78, 5) is 44.9. The predicted molar refractivity (Wildman–Crippen MR) is 136 cm³/mol. The molecule has 0 radical (unpaired) electrons. The van der Waals surface area contributed by atoms with Gasteiger partial charge in [0.1, 0.15) is 0 Å². The van der Waals surface area contributed by atoms with Gasteiger partial charge in [-0.3, -0.25) is 14.4 Å². The highest BCUT2D eigenvalue weighted by molar-refractivity contribution is 7.12. The highest BCUT2D eigenvalue weighted by Crippen LogP contribution is 2.28. The van der Waals surface area contributed by atoms with Gasteiger partial charge in [-0.15, -0.1) is 22.7 Å². The second-order valence-electron chi connectivity index (χ2n) is 8.88. The zero-order chi connectivity index (χ0) is 23.7. The van der Waals surface area contributed by atoms with Crippen LogP contribution in [-0.2, 0) is 17.8 Å². The molecule has 1 aromatic carbocycles. The Morgan fingerprint density at radius 2 is 1.85 bits per heavy atom. The minimum absolute atomic E-state index is 0.00386. The number of fused-ring (bicyclic) bond motifs is 1. The van der Waals surface area contributed by atoms with Crippen molar-refractivity contribution in [2.75, 3.05) is 25.0 Å². The average molecular weight is 494 g/mol. The first kappa shape index (κ1) is 22.8. The number of hydrogen-bond acceptors (Lipinski definition) is 5. The van der Waals surface area contributed by atoms with Crippen LogP contribution in [0.5, 0.6) is 0 Å². The number of hydrogen-bond donors (Lipinski definition) is 1. The molecule has 5 rings (SSSR count). The number of nitrogens with zero attached hydrogens (tertiary/aromatic N) is 2. The number of thiophene rings is 2. The summed E-state index contributed by atoms with van der Waals surface area (Å²) in [6.07, 6.45) is 2.43. The molecule has 1 atom stereocenters. The number of likely N-dealkylation sites (tertiary alicyclic amines) is 1. The van der Waals surface area contributed by atoms with Crippen LogP contribution in [0.15, 0.2) is 47.2 Å². The maximum atomic E-state index is 13.3. The molecule has 2 aromatic heterocycles. The van der Waals surface area contributed by atoms with Gasteiger partial charge in [-0.2, -0.15) is 0 Å². The highest BCUT2D eigenvalue weighted by atomic mass is 32.1. The van der Waals surface area contributed by atoms with Crippen molar-refractivity contribution in [3.05, 3.63) is 73.6 Å². The molecule has 0 saturated carbocycles. The number of amides is 3. The van der Waals surface area contributed by atoms with Crippen LogP contribution in [0.2, 0.25) is 0 Å². The maximum Gasteiger partial charge on any atom is 0.263 e. The van der Waals surface area contributed by atoms with Gasteiger partial charge < -0.3 is 15.1 Å². The van der Waals surface area contributed by atoms with Crippen molar-refractivity contribution in [1.82, 2.24) is 9.80 Å². The molecule has 1 unspecified atom stereocenters. The fraction of sp³-hybridized carbons (Fsp3) is 0.346. The van der Waals surface area contributed by atoms with Crippen LogP contribution in [0.3, 0.4) is 0 Å². The molecule has 3 amide bonds. The number of carbonyl (C=O) groups excluding carboxylic acids is 3. The van der Waals surface area contributed by atoms with E-state index in [9.17, 15) is 14.4 Å². The standard InChI is InChI=1S/C26H27N3O3S2/c1-17-20(25(31)29-12-9-22-18(15-29)10-14-34-22)6-2-7-21(17)27-24(30)19-5-3-11-28(16-19)26(32)23-8-4-13-33-23/h2,4,6-8,10,13-14,19H,3,5,9,11-12,15-16H2,1H3,(H,27,30). The Morgan fingerprint density at radius 3 is 2.68 bits per heavy atom. The lowest BCUT2D eigenvalue weighted by atomic mass is 9.96. The van der Waals surface area contributed by atoms with Crippen molar-refractivity contribution in [1.29, 1.82) is 0 Å². The highest BCUT2D eigenvalue weighted by Gasteiger charge is 2.30. The normalized spacial score (nSPS) is 17.9. The largest absolute Gasteiger partial charge is 0.337 e. The summed E-state index contributed by atoms with van der Waals surface area (Å²) in [7, 11) is 0. The van der Waals surface area contributed by atoms with E-state index in [2.05, 4.69) is 16.8 Å². The number of anilines is 1. The molecule has 0 bridgehead atoms. The van der Waals surface area contributed by atoms with Gasteiger partial charge in [0.25, 0.3) is 11.8 Å². The van der Waals surface area contributed by atoms with E-state index in [1.54, 1.807) is 16.2 Å². The summed E-state index contributed by atoms with van der Waals surface area (Å²) in [5, 5.41) is 7.01. The second-order valence-corrected chi connectivity index (χ2v) is 10.8.